The quantitative estimate of drug-likeness (QED) is 0.844. The summed E-state index contributed by atoms with van der Waals surface area (Å²) in [5.41, 5.74) is 2.54. The summed E-state index contributed by atoms with van der Waals surface area (Å²) in [6, 6.07) is 8.85. The summed E-state index contributed by atoms with van der Waals surface area (Å²) in [6.45, 7) is 8.28. The van der Waals surface area contributed by atoms with Gasteiger partial charge in [-0.05, 0) is 31.7 Å². The molecule has 2 heterocycles. The molecule has 0 spiro atoms. The Kier molecular flexibility index (Phi) is 4.93. The maximum atomic E-state index is 5.52. The molecule has 1 saturated heterocycles. The third kappa shape index (κ3) is 3.89. The van der Waals surface area contributed by atoms with E-state index in [0.717, 1.165) is 32.8 Å². The van der Waals surface area contributed by atoms with Crippen molar-refractivity contribution in [3.8, 4) is 0 Å². The number of rotatable bonds is 5. The van der Waals surface area contributed by atoms with Gasteiger partial charge in [0.05, 0.1) is 19.3 Å². The summed E-state index contributed by atoms with van der Waals surface area (Å²) >= 11 is 0. The smallest absolute Gasteiger partial charge is 0.233 e. The SMILES string of the molecule is Cc1nnc([C@H](C)N(C)Cc2ccc(N3CCOCC3)cc2)o1. The van der Waals surface area contributed by atoms with Crippen molar-refractivity contribution in [1.29, 1.82) is 0 Å². The maximum absolute atomic E-state index is 5.52. The lowest BCUT2D eigenvalue weighted by Crippen LogP contribution is -2.36. The summed E-state index contributed by atoms with van der Waals surface area (Å²) in [5.74, 6) is 1.27. The molecule has 1 aliphatic heterocycles. The predicted octanol–water partition coefficient (Wildman–Crippen LogP) is 2.41. The zero-order chi connectivity index (χ0) is 16.2. The van der Waals surface area contributed by atoms with Crippen molar-refractivity contribution in [3.05, 3.63) is 41.6 Å². The molecule has 1 aromatic heterocycles. The number of nitrogens with zero attached hydrogens (tertiary/aromatic N) is 4. The van der Waals surface area contributed by atoms with Crippen LogP contribution in [0.3, 0.4) is 0 Å². The molecule has 23 heavy (non-hydrogen) atoms. The van der Waals surface area contributed by atoms with Gasteiger partial charge in [0.1, 0.15) is 0 Å². The van der Waals surface area contributed by atoms with Crippen LogP contribution in [-0.2, 0) is 11.3 Å². The second-order valence-electron chi connectivity index (χ2n) is 6.02. The summed E-state index contributed by atoms with van der Waals surface area (Å²) in [5, 5.41) is 8.01. The van der Waals surface area contributed by atoms with Gasteiger partial charge in [-0.3, -0.25) is 4.90 Å². The first-order chi connectivity index (χ1) is 11.1. The fourth-order valence-corrected chi connectivity index (χ4v) is 2.73. The van der Waals surface area contributed by atoms with Crippen LogP contribution in [-0.4, -0.2) is 48.4 Å². The largest absolute Gasteiger partial charge is 0.424 e. The van der Waals surface area contributed by atoms with Gasteiger partial charge in [0.25, 0.3) is 0 Å². The molecule has 0 N–H and O–H groups in total. The number of hydrogen-bond acceptors (Lipinski definition) is 6. The van der Waals surface area contributed by atoms with Crippen molar-refractivity contribution in [1.82, 2.24) is 15.1 Å². The molecular formula is C17H24N4O2. The Labute approximate surface area is 137 Å². The summed E-state index contributed by atoms with van der Waals surface area (Å²) in [7, 11) is 2.07. The third-order valence-corrected chi connectivity index (χ3v) is 4.30. The Morgan fingerprint density at radius 1 is 1.17 bits per heavy atom. The minimum atomic E-state index is 0.0927. The van der Waals surface area contributed by atoms with Crippen LogP contribution in [0.5, 0.6) is 0 Å². The van der Waals surface area contributed by atoms with Gasteiger partial charge in [0.2, 0.25) is 11.8 Å². The average Bonchev–Trinajstić information content (AvgIpc) is 3.02. The molecule has 6 heteroatoms. The number of hydrogen-bond donors (Lipinski definition) is 0. The molecule has 3 rings (SSSR count). The van der Waals surface area contributed by atoms with E-state index in [1.165, 1.54) is 11.3 Å². The standard InChI is InChI=1S/C17H24N4O2/c1-13(17-19-18-14(2)23-17)20(3)12-15-4-6-16(7-5-15)21-8-10-22-11-9-21/h4-7,13H,8-12H2,1-3H3/t13-/m0/s1. The van der Waals surface area contributed by atoms with Crippen LogP contribution in [0.4, 0.5) is 5.69 Å². The lowest BCUT2D eigenvalue weighted by molar-refractivity contribution is 0.122. The normalized spacial score (nSPS) is 16.8. The van der Waals surface area contributed by atoms with Gasteiger partial charge in [-0.2, -0.15) is 0 Å². The van der Waals surface area contributed by atoms with Crippen molar-refractivity contribution < 1.29 is 9.15 Å². The molecule has 0 unspecified atom stereocenters. The van der Waals surface area contributed by atoms with E-state index in [4.69, 9.17) is 9.15 Å². The Morgan fingerprint density at radius 3 is 2.48 bits per heavy atom. The van der Waals surface area contributed by atoms with E-state index in [1.54, 1.807) is 0 Å². The second-order valence-corrected chi connectivity index (χ2v) is 6.02. The molecule has 0 amide bonds. The van der Waals surface area contributed by atoms with E-state index in [9.17, 15) is 0 Å². The van der Waals surface area contributed by atoms with Crippen molar-refractivity contribution in [2.75, 3.05) is 38.3 Å². The number of anilines is 1. The molecule has 0 saturated carbocycles. The van der Waals surface area contributed by atoms with Gasteiger partial charge in [-0.25, -0.2) is 0 Å². The Hall–Kier alpha value is -1.92. The van der Waals surface area contributed by atoms with Gasteiger partial charge in [-0.1, -0.05) is 12.1 Å². The van der Waals surface area contributed by atoms with Gasteiger partial charge in [-0.15, -0.1) is 10.2 Å². The number of benzene rings is 1. The Bertz CT molecular complexity index is 620. The van der Waals surface area contributed by atoms with Crippen LogP contribution in [0, 0.1) is 6.92 Å². The lowest BCUT2D eigenvalue weighted by Gasteiger charge is -2.29. The molecule has 1 fully saturated rings. The van der Waals surface area contributed by atoms with Crippen LogP contribution in [0.1, 0.15) is 30.3 Å². The van der Waals surface area contributed by atoms with Crippen molar-refractivity contribution in [2.45, 2.75) is 26.4 Å². The molecule has 1 aromatic carbocycles. The lowest BCUT2D eigenvalue weighted by atomic mass is 10.1. The maximum Gasteiger partial charge on any atom is 0.233 e. The van der Waals surface area contributed by atoms with Gasteiger partial charge in [0, 0.05) is 32.2 Å². The van der Waals surface area contributed by atoms with Crippen molar-refractivity contribution in [2.24, 2.45) is 0 Å². The highest BCUT2D eigenvalue weighted by Gasteiger charge is 2.18. The van der Waals surface area contributed by atoms with E-state index >= 15 is 0 Å². The first kappa shape index (κ1) is 16.0. The monoisotopic (exact) mass is 316 g/mol. The first-order valence-corrected chi connectivity index (χ1v) is 8.05. The summed E-state index contributed by atoms with van der Waals surface area (Å²) in [4.78, 5) is 4.57. The topological polar surface area (TPSA) is 54.6 Å². The van der Waals surface area contributed by atoms with Crippen molar-refractivity contribution >= 4 is 5.69 Å². The predicted molar refractivity (Wildman–Crippen MR) is 88.4 cm³/mol. The number of aromatic nitrogens is 2. The molecule has 6 nitrogen and oxygen atoms in total. The fraction of sp³-hybridized carbons (Fsp3) is 0.529. The zero-order valence-corrected chi connectivity index (χ0v) is 14.0. The molecule has 0 aliphatic carbocycles. The van der Waals surface area contributed by atoms with Gasteiger partial charge < -0.3 is 14.1 Å². The fourth-order valence-electron chi connectivity index (χ4n) is 2.73. The highest BCUT2D eigenvalue weighted by atomic mass is 16.5. The summed E-state index contributed by atoms with van der Waals surface area (Å²) in [6.07, 6.45) is 0. The van der Waals surface area contributed by atoms with Crippen LogP contribution in [0.25, 0.3) is 0 Å². The molecule has 1 aliphatic rings. The second kappa shape index (κ2) is 7.10. The minimum Gasteiger partial charge on any atom is -0.424 e. The molecule has 124 valence electrons. The van der Waals surface area contributed by atoms with Gasteiger partial charge >= 0.3 is 0 Å². The van der Waals surface area contributed by atoms with E-state index < -0.39 is 0 Å². The van der Waals surface area contributed by atoms with E-state index in [0.29, 0.717) is 11.8 Å². The zero-order valence-electron chi connectivity index (χ0n) is 14.0. The van der Waals surface area contributed by atoms with E-state index in [-0.39, 0.29) is 6.04 Å². The van der Waals surface area contributed by atoms with Crippen LogP contribution >= 0.6 is 0 Å². The van der Waals surface area contributed by atoms with Crippen LogP contribution in [0.15, 0.2) is 28.7 Å². The minimum absolute atomic E-state index is 0.0927. The Morgan fingerprint density at radius 2 is 1.87 bits per heavy atom. The average molecular weight is 316 g/mol. The Balaban J connectivity index is 1.61. The van der Waals surface area contributed by atoms with Crippen molar-refractivity contribution in [3.63, 3.8) is 0 Å². The highest BCUT2D eigenvalue weighted by Crippen LogP contribution is 2.21. The number of ether oxygens (including phenoxy) is 1. The summed E-state index contributed by atoms with van der Waals surface area (Å²) < 4.78 is 10.9. The highest BCUT2D eigenvalue weighted by molar-refractivity contribution is 5.47. The number of morpholine rings is 1. The molecule has 2 aromatic rings. The molecular weight excluding hydrogens is 292 g/mol. The number of aryl methyl sites for hydroxylation is 1. The van der Waals surface area contributed by atoms with Crippen LogP contribution < -0.4 is 4.90 Å². The first-order valence-electron chi connectivity index (χ1n) is 8.05. The molecule has 0 bridgehead atoms. The van der Waals surface area contributed by atoms with Crippen LogP contribution in [0.2, 0.25) is 0 Å². The molecule has 1 atom stereocenters. The molecule has 0 radical (unpaired) electrons. The van der Waals surface area contributed by atoms with E-state index in [1.807, 2.05) is 6.92 Å². The van der Waals surface area contributed by atoms with E-state index in [2.05, 4.69) is 58.2 Å². The third-order valence-electron chi connectivity index (χ3n) is 4.30. The van der Waals surface area contributed by atoms with Gasteiger partial charge in [0.15, 0.2) is 0 Å².